The third-order valence-corrected chi connectivity index (χ3v) is 5.62. The van der Waals surface area contributed by atoms with E-state index >= 15 is 0 Å². The van der Waals surface area contributed by atoms with E-state index in [-0.39, 0.29) is 11.6 Å². The van der Waals surface area contributed by atoms with Crippen molar-refractivity contribution >= 4 is 40.1 Å². The zero-order valence-corrected chi connectivity index (χ0v) is 17.4. The summed E-state index contributed by atoms with van der Waals surface area (Å²) in [7, 11) is 3.09. The van der Waals surface area contributed by atoms with Gasteiger partial charge in [-0.05, 0) is 26.0 Å². The van der Waals surface area contributed by atoms with Gasteiger partial charge in [-0.2, -0.15) is 10.1 Å². The molecular formula is C19H22ClN7O2. The number of benzene rings is 1. The van der Waals surface area contributed by atoms with Crippen LogP contribution >= 0.6 is 11.6 Å². The van der Waals surface area contributed by atoms with E-state index in [1.165, 1.54) is 11.6 Å². The molecule has 152 valence electrons. The van der Waals surface area contributed by atoms with Crippen LogP contribution in [0.25, 0.3) is 11.2 Å². The second-order valence-electron chi connectivity index (χ2n) is 7.11. The molecule has 0 radical (unpaired) electrons. The van der Waals surface area contributed by atoms with Gasteiger partial charge < -0.3 is 5.32 Å². The van der Waals surface area contributed by atoms with Crippen LogP contribution in [0, 0.1) is 0 Å². The molecular weight excluding hydrogens is 394 g/mol. The second-order valence-corrected chi connectivity index (χ2v) is 7.51. The first kappa shape index (κ1) is 19.3. The Morgan fingerprint density at radius 2 is 1.90 bits per heavy atom. The largest absolute Gasteiger partial charge is 0.382 e. The number of hydrogen-bond acceptors (Lipinski definition) is 6. The predicted octanol–water partition coefficient (Wildman–Crippen LogP) is 1.96. The summed E-state index contributed by atoms with van der Waals surface area (Å²) in [5.41, 5.74) is 1.67. The minimum Gasteiger partial charge on any atom is -0.382 e. The fraction of sp³-hybridized carbons (Fsp3) is 0.368. The quantitative estimate of drug-likeness (QED) is 0.703. The summed E-state index contributed by atoms with van der Waals surface area (Å²) in [5.74, 6) is 0.539. The van der Waals surface area contributed by atoms with Gasteiger partial charge in [0.25, 0.3) is 5.56 Å². The fourth-order valence-corrected chi connectivity index (χ4v) is 3.71. The number of nitrogens with one attached hydrogen (secondary N) is 1. The molecule has 0 amide bonds. The van der Waals surface area contributed by atoms with E-state index in [9.17, 15) is 9.59 Å². The van der Waals surface area contributed by atoms with Crippen molar-refractivity contribution < 1.29 is 0 Å². The maximum Gasteiger partial charge on any atom is 0.332 e. The number of anilines is 2. The van der Waals surface area contributed by atoms with Crippen molar-refractivity contribution in [2.24, 2.45) is 19.2 Å². The Labute approximate surface area is 171 Å². The normalized spacial score (nSPS) is 16.1. The van der Waals surface area contributed by atoms with Gasteiger partial charge in [0.2, 0.25) is 5.95 Å². The maximum atomic E-state index is 12.8. The SMILES string of the molecule is CC1=NN(CCNc2ccccc2Cl)c2nc3c(c(=O)n(C)c(=O)n3C)n2[C@H]1C. The molecule has 0 unspecified atom stereocenters. The summed E-state index contributed by atoms with van der Waals surface area (Å²) in [5, 5.41) is 10.3. The maximum absolute atomic E-state index is 12.8. The van der Waals surface area contributed by atoms with Gasteiger partial charge in [0.05, 0.1) is 29.0 Å². The molecule has 29 heavy (non-hydrogen) atoms. The van der Waals surface area contributed by atoms with E-state index < -0.39 is 5.69 Å². The number of hydrazone groups is 1. The van der Waals surface area contributed by atoms with E-state index in [1.807, 2.05) is 42.7 Å². The average Bonchev–Trinajstić information content (AvgIpc) is 3.11. The molecule has 0 bridgehead atoms. The topological polar surface area (TPSA) is 89.5 Å². The number of imidazole rings is 1. The Bertz CT molecular complexity index is 1250. The lowest BCUT2D eigenvalue weighted by Gasteiger charge is -2.29. The van der Waals surface area contributed by atoms with Crippen LogP contribution in [-0.4, -0.2) is 37.5 Å². The second kappa shape index (κ2) is 7.07. The van der Waals surface area contributed by atoms with Gasteiger partial charge in [-0.3, -0.25) is 18.5 Å². The number of aryl methyl sites for hydroxylation is 1. The molecule has 1 aliphatic rings. The third kappa shape index (κ3) is 3.02. The molecule has 3 aromatic rings. The molecule has 0 spiro atoms. The molecule has 10 heteroatoms. The van der Waals surface area contributed by atoms with E-state index in [4.69, 9.17) is 11.6 Å². The summed E-state index contributed by atoms with van der Waals surface area (Å²) < 4.78 is 4.35. The van der Waals surface area contributed by atoms with Gasteiger partial charge in [0, 0.05) is 20.6 Å². The first-order chi connectivity index (χ1) is 13.8. The molecule has 1 aromatic carbocycles. The van der Waals surface area contributed by atoms with Crippen LogP contribution in [0.3, 0.4) is 0 Å². The van der Waals surface area contributed by atoms with E-state index in [1.54, 1.807) is 12.1 Å². The Balaban J connectivity index is 1.74. The smallest absolute Gasteiger partial charge is 0.332 e. The Kier molecular flexibility index (Phi) is 4.70. The lowest BCUT2D eigenvalue weighted by molar-refractivity contribution is 0.638. The Morgan fingerprint density at radius 1 is 1.17 bits per heavy atom. The molecule has 1 atom stereocenters. The first-order valence-corrected chi connectivity index (χ1v) is 9.68. The highest BCUT2D eigenvalue weighted by Gasteiger charge is 2.30. The number of rotatable bonds is 4. The minimum atomic E-state index is -0.407. The van der Waals surface area contributed by atoms with E-state index in [0.29, 0.717) is 35.2 Å². The van der Waals surface area contributed by atoms with Gasteiger partial charge in [-0.15, -0.1) is 0 Å². The van der Waals surface area contributed by atoms with Crippen LogP contribution in [0.2, 0.25) is 5.02 Å². The summed E-state index contributed by atoms with van der Waals surface area (Å²) in [4.78, 5) is 29.8. The molecule has 0 saturated heterocycles. The number of halogens is 1. The molecule has 2 aromatic heterocycles. The Hall–Kier alpha value is -3.07. The zero-order chi connectivity index (χ0) is 20.9. The van der Waals surface area contributed by atoms with Crippen LogP contribution < -0.4 is 21.6 Å². The summed E-state index contributed by atoms with van der Waals surface area (Å²) in [6.45, 7) is 4.95. The third-order valence-electron chi connectivity index (χ3n) is 5.29. The van der Waals surface area contributed by atoms with Crippen LogP contribution in [0.15, 0.2) is 39.0 Å². The Morgan fingerprint density at radius 3 is 2.62 bits per heavy atom. The van der Waals surface area contributed by atoms with Crippen molar-refractivity contribution in [1.82, 2.24) is 18.7 Å². The minimum absolute atomic E-state index is 0.145. The summed E-state index contributed by atoms with van der Waals surface area (Å²) >= 11 is 6.20. The molecule has 0 saturated carbocycles. The van der Waals surface area contributed by atoms with Crippen LogP contribution in [0.4, 0.5) is 11.6 Å². The van der Waals surface area contributed by atoms with Crippen molar-refractivity contribution in [3.63, 3.8) is 0 Å². The summed E-state index contributed by atoms with van der Waals surface area (Å²) in [6.07, 6.45) is 0. The highest BCUT2D eigenvalue weighted by atomic mass is 35.5. The highest BCUT2D eigenvalue weighted by molar-refractivity contribution is 6.33. The van der Waals surface area contributed by atoms with Gasteiger partial charge in [-0.25, -0.2) is 9.80 Å². The molecule has 1 N–H and O–H groups in total. The fourth-order valence-electron chi connectivity index (χ4n) is 3.51. The van der Waals surface area contributed by atoms with Crippen molar-refractivity contribution in [1.29, 1.82) is 0 Å². The van der Waals surface area contributed by atoms with Gasteiger partial charge >= 0.3 is 5.69 Å². The highest BCUT2D eigenvalue weighted by Crippen LogP contribution is 2.29. The summed E-state index contributed by atoms with van der Waals surface area (Å²) in [6, 6.07) is 7.37. The standard InChI is InChI=1S/C19H22ClN7O2/c1-11-12(2)27-15-16(24(3)19(29)25(4)17(15)28)22-18(27)26(23-11)10-9-21-14-8-6-5-7-13(14)20/h5-8,12,21H,9-10H2,1-4H3/t12-/m0/s1. The molecule has 9 nitrogen and oxygen atoms in total. The predicted molar refractivity (Wildman–Crippen MR) is 115 cm³/mol. The average molecular weight is 416 g/mol. The number of hydrogen-bond donors (Lipinski definition) is 1. The molecule has 0 aliphatic carbocycles. The van der Waals surface area contributed by atoms with Crippen molar-refractivity contribution in [3.05, 3.63) is 50.1 Å². The molecule has 3 heterocycles. The van der Waals surface area contributed by atoms with Crippen molar-refractivity contribution in [3.8, 4) is 0 Å². The lowest BCUT2D eigenvalue weighted by atomic mass is 10.2. The molecule has 4 rings (SSSR count). The molecule has 0 fully saturated rings. The molecule has 1 aliphatic heterocycles. The van der Waals surface area contributed by atoms with Gasteiger partial charge in [-0.1, -0.05) is 23.7 Å². The lowest BCUT2D eigenvalue weighted by Crippen LogP contribution is -2.39. The van der Waals surface area contributed by atoms with Crippen molar-refractivity contribution in [2.45, 2.75) is 19.9 Å². The number of nitrogens with zero attached hydrogens (tertiary/aromatic N) is 6. The van der Waals surface area contributed by atoms with Crippen LogP contribution in [0.1, 0.15) is 19.9 Å². The number of aromatic nitrogens is 4. The number of fused-ring (bicyclic) bond motifs is 3. The van der Waals surface area contributed by atoms with Crippen LogP contribution in [0.5, 0.6) is 0 Å². The number of para-hydroxylation sites is 1. The first-order valence-electron chi connectivity index (χ1n) is 9.30. The monoisotopic (exact) mass is 415 g/mol. The van der Waals surface area contributed by atoms with E-state index in [2.05, 4.69) is 15.4 Å². The van der Waals surface area contributed by atoms with Gasteiger partial charge in [0.1, 0.15) is 0 Å². The van der Waals surface area contributed by atoms with Gasteiger partial charge in [0.15, 0.2) is 11.2 Å². The van der Waals surface area contributed by atoms with Crippen LogP contribution in [-0.2, 0) is 14.1 Å². The van der Waals surface area contributed by atoms with Crippen molar-refractivity contribution in [2.75, 3.05) is 23.4 Å². The zero-order valence-electron chi connectivity index (χ0n) is 16.7. The van der Waals surface area contributed by atoms with E-state index in [0.717, 1.165) is 16.0 Å².